The summed E-state index contributed by atoms with van der Waals surface area (Å²) in [7, 11) is 0. The van der Waals surface area contributed by atoms with Crippen LogP contribution in [0.15, 0.2) is 0 Å². The van der Waals surface area contributed by atoms with Crippen molar-refractivity contribution in [3.63, 3.8) is 0 Å². The molecule has 0 aromatic heterocycles. The number of ether oxygens (including phenoxy) is 1. The van der Waals surface area contributed by atoms with Crippen LogP contribution in [-0.2, 0) is 4.74 Å². The van der Waals surface area contributed by atoms with Gasteiger partial charge in [0.1, 0.15) is 6.61 Å². The molecule has 0 spiro atoms. The molecule has 0 aromatic rings. The normalized spacial score (nSPS) is 11.2. The lowest BCUT2D eigenvalue weighted by Crippen LogP contribution is -2.32. The molecule has 0 aromatic carbocycles. The first kappa shape index (κ1) is 11.4. The van der Waals surface area contributed by atoms with Gasteiger partial charge in [0, 0.05) is 6.54 Å². The van der Waals surface area contributed by atoms with Gasteiger partial charge in [-0.1, -0.05) is 0 Å². The van der Waals surface area contributed by atoms with Gasteiger partial charge in [0.05, 0.1) is 6.61 Å². The fourth-order valence-corrected chi connectivity index (χ4v) is 0.536. The summed E-state index contributed by atoms with van der Waals surface area (Å²) in [6, 6.07) is 0. The second-order valence-electron chi connectivity index (χ2n) is 1.96. The maximum Gasteiger partial charge on any atom is 0.411 e. The lowest BCUT2D eigenvalue weighted by Gasteiger charge is -2.07. The molecular weight excluding hydrogens is 193 g/mol. The first-order valence-corrected chi connectivity index (χ1v) is 3.50. The molecule has 12 heavy (non-hydrogen) atoms. The summed E-state index contributed by atoms with van der Waals surface area (Å²) in [4.78, 5) is 0. The molecule has 0 atom stereocenters. The zero-order valence-electron chi connectivity index (χ0n) is 6.15. The Kier molecular flexibility index (Phi) is 4.91. The van der Waals surface area contributed by atoms with Crippen molar-refractivity contribution in [2.75, 3.05) is 19.8 Å². The SMILES string of the molecule is NC(=S)NCCOCC(F)(F)F. The predicted molar refractivity (Wildman–Crippen MR) is 41.7 cm³/mol. The molecule has 3 nitrogen and oxygen atoms in total. The molecule has 0 aliphatic rings. The van der Waals surface area contributed by atoms with Crippen molar-refractivity contribution < 1.29 is 17.9 Å². The van der Waals surface area contributed by atoms with Crippen molar-refractivity contribution in [2.45, 2.75) is 6.18 Å². The molecule has 0 amide bonds. The Balaban J connectivity index is 3.17. The van der Waals surface area contributed by atoms with Crippen LogP contribution in [0.25, 0.3) is 0 Å². The van der Waals surface area contributed by atoms with Gasteiger partial charge < -0.3 is 15.8 Å². The predicted octanol–water partition coefficient (Wildman–Crippen LogP) is 0.399. The van der Waals surface area contributed by atoms with Crippen molar-refractivity contribution in [3.8, 4) is 0 Å². The van der Waals surface area contributed by atoms with Crippen LogP contribution >= 0.6 is 12.2 Å². The third kappa shape index (κ3) is 9.44. The number of rotatable bonds is 4. The number of halogens is 3. The van der Waals surface area contributed by atoms with Crippen LogP contribution in [0.2, 0.25) is 0 Å². The van der Waals surface area contributed by atoms with E-state index in [-0.39, 0.29) is 18.3 Å². The van der Waals surface area contributed by atoms with Crippen molar-refractivity contribution >= 4 is 17.3 Å². The second kappa shape index (κ2) is 5.15. The number of alkyl halides is 3. The highest BCUT2D eigenvalue weighted by Crippen LogP contribution is 2.13. The van der Waals surface area contributed by atoms with Crippen LogP contribution in [0.5, 0.6) is 0 Å². The molecule has 0 saturated heterocycles. The van der Waals surface area contributed by atoms with E-state index in [4.69, 9.17) is 5.73 Å². The number of nitrogens with one attached hydrogen (secondary N) is 1. The Morgan fingerprint density at radius 1 is 1.50 bits per heavy atom. The van der Waals surface area contributed by atoms with Crippen molar-refractivity contribution in [1.29, 1.82) is 0 Å². The molecule has 0 saturated carbocycles. The third-order valence-corrected chi connectivity index (χ3v) is 0.956. The highest BCUT2D eigenvalue weighted by Gasteiger charge is 2.27. The molecule has 0 aliphatic heterocycles. The standard InChI is InChI=1S/C5H9F3N2OS/c6-5(7,8)3-11-2-1-10-4(9)12/h1-3H2,(H3,9,10,12). The summed E-state index contributed by atoms with van der Waals surface area (Å²) in [5.74, 6) is 0. The fraction of sp³-hybridized carbons (Fsp3) is 0.800. The molecule has 0 rings (SSSR count). The molecule has 0 radical (unpaired) electrons. The fourth-order valence-electron chi connectivity index (χ4n) is 0.434. The van der Waals surface area contributed by atoms with Gasteiger partial charge in [0.2, 0.25) is 0 Å². The van der Waals surface area contributed by atoms with Gasteiger partial charge in [0.25, 0.3) is 0 Å². The van der Waals surface area contributed by atoms with Gasteiger partial charge in [-0.3, -0.25) is 0 Å². The Morgan fingerprint density at radius 2 is 2.08 bits per heavy atom. The van der Waals surface area contributed by atoms with E-state index in [1.807, 2.05) is 0 Å². The summed E-state index contributed by atoms with van der Waals surface area (Å²) in [6.07, 6.45) is -4.27. The van der Waals surface area contributed by atoms with E-state index >= 15 is 0 Å². The zero-order valence-corrected chi connectivity index (χ0v) is 6.97. The summed E-state index contributed by atoms with van der Waals surface area (Å²) in [5.41, 5.74) is 5.00. The quantitative estimate of drug-likeness (QED) is 0.511. The Hall–Kier alpha value is -0.560. The molecule has 0 unspecified atom stereocenters. The van der Waals surface area contributed by atoms with Crippen molar-refractivity contribution in [2.24, 2.45) is 5.73 Å². The van der Waals surface area contributed by atoms with Crippen LogP contribution in [0.4, 0.5) is 13.2 Å². The first-order valence-electron chi connectivity index (χ1n) is 3.09. The number of hydrogen-bond acceptors (Lipinski definition) is 2. The van der Waals surface area contributed by atoms with E-state index in [0.29, 0.717) is 0 Å². The zero-order chi connectivity index (χ0) is 9.61. The number of thiocarbonyl (C=S) groups is 1. The van der Waals surface area contributed by atoms with E-state index in [1.165, 1.54) is 0 Å². The summed E-state index contributed by atoms with van der Waals surface area (Å²) < 4.78 is 38.6. The average Bonchev–Trinajstić information content (AvgIpc) is 1.83. The smallest absolute Gasteiger partial charge is 0.376 e. The van der Waals surface area contributed by atoms with Gasteiger partial charge in [-0.25, -0.2) is 0 Å². The second-order valence-corrected chi connectivity index (χ2v) is 2.40. The monoisotopic (exact) mass is 202 g/mol. The van der Waals surface area contributed by atoms with Gasteiger partial charge in [-0.05, 0) is 12.2 Å². The molecule has 0 aliphatic carbocycles. The molecule has 7 heteroatoms. The van der Waals surface area contributed by atoms with Crippen molar-refractivity contribution in [1.82, 2.24) is 5.32 Å². The van der Waals surface area contributed by atoms with Crippen LogP contribution in [0.1, 0.15) is 0 Å². The molecular formula is C5H9F3N2OS. The number of hydrogen-bond donors (Lipinski definition) is 2. The Labute approximate surface area is 73.1 Å². The minimum Gasteiger partial charge on any atom is -0.376 e. The molecule has 0 heterocycles. The van der Waals surface area contributed by atoms with E-state index in [2.05, 4.69) is 22.3 Å². The van der Waals surface area contributed by atoms with Gasteiger partial charge in [-0.2, -0.15) is 13.2 Å². The van der Waals surface area contributed by atoms with Crippen LogP contribution in [0.3, 0.4) is 0 Å². The highest BCUT2D eigenvalue weighted by atomic mass is 32.1. The summed E-state index contributed by atoms with van der Waals surface area (Å²) in [5, 5.41) is 2.50. The van der Waals surface area contributed by atoms with E-state index in [1.54, 1.807) is 0 Å². The van der Waals surface area contributed by atoms with Crippen LogP contribution < -0.4 is 11.1 Å². The minimum absolute atomic E-state index is 0.0469. The van der Waals surface area contributed by atoms with E-state index in [0.717, 1.165) is 0 Å². The Morgan fingerprint density at radius 3 is 2.50 bits per heavy atom. The number of nitrogens with two attached hydrogens (primary N) is 1. The van der Waals surface area contributed by atoms with Gasteiger partial charge in [0.15, 0.2) is 5.11 Å². The van der Waals surface area contributed by atoms with Gasteiger partial charge in [-0.15, -0.1) is 0 Å². The topological polar surface area (TPSA) is 47.3 Å². The maximum absolute atomic E-state index is 11.4. The van der Waals surface area contributed by atoms with Gasteiger partial charge >= 0.3 is 6.18 Å². The molecule has 0 fully saturated rings. The summed E-state index contributed by atoms with van der Waals surface area (Å²) >= 11 is 4.41. The average molecular weight is 202 g/mol. The van der Waals surface area contributed by atoms with Crippen LogP contribution in [0, 0.1) is 0 Å². The first-order chi connectivity index (χ1) is 5.42. The lowest BCUT2D eigenvalue weighted by atomic mass is 10.6. The van der Waals surface area contributed by atoms with E-state index < -0.39 is 12.8 Å². The minimum atomic E-state index is -4.27. The van der Waals surface area contributed by atoms with Crippen molar-refractivity contribution in [3.05, 3.63) is 0 Å². The highest BCUT2D eigenvalue weighted by molar-refractivity contribution is 7.80. The molecule has 72 valence electrons. The third-order valence-electron chi connectivity index (χ3n) is 0.811. The van der Waals surface area contributed by atoms with Crippen LogP contribution in [-0.4, -0.2) is 31.0 Å². The lowest BCUT2D eigenvalue weighted by molar-refractivity contribution is -0.173. The Bertz CT molecular complexity index is 150. The summed E-state index contributed by atoms with van der Waals surface area (Å²) in [6.45, 7) is -1.13. The largest absolute Gasteiger partial charge is 0.411 e. The van der Waals surface area contributed by atoms with E-state index in [9.17, 15) is 13.2 Å². The molecule has 0 bridgehead atoms. The molecule has 3 N–H and O–H groups in total. The maximum atomic E-state index is 11.4.